The summed E-state index contributed by atoms with van der Waals surface area (Å²) in [4.78, 5) is 38.9. The van der Waals surface area contributed by atoms with Gasteiger partial charge in [0.15, 0.2) is 0 Å². The van der Waals surface area contributed by atoms with E-state index in [1.165, 1.54) is 25.3 Å². The molecule has 0 aliphatic rings. The van der Waals surface area contributed by atoms with Gasteiger partial charge in [-0.05, 0) is 5.56 Å². The highest BCUT2D eigenvalue weighted by atomic mass is 16.6. The van der Waals surface area contributed by atoms with Crippen molar-refractivity contribution in [3.63, 3.8) is 0 Å². The molecule has 21 heavy (non-hydrogen) atoms. The van der Waals surface area contributed by atoms with Gasteiger partial charge in [0, 0.05) is 25.5 Å². The molecule has 1 aromatic heterocycles. The number of ether oxygens (including phenoxy) is 1. The third-order valence-electron chi connectivity index (χ3n) is 2.59. The quantitative estimate of drug-likeness (QED) is 0.513. The number of H-pyrrole nitrogens is 1. The van der Waals surface area contributed by atoms with E-state index in [4.69, 9.17) is 0 Å². The second-order valence-corrected chi connectivity index (χ2v) is 4.22. The maximum atomic E-state index is 11.6. The smallest absolute Gasteiger partial charge is 0.308 e. The number of aromatic amines is 1. The minimum absolute atomic E-state index is 0.00888. The van der Waals surface area contributed by atoms with Crippen LogP contribution in [0.15, 0.2) is 35.3 Å². The number of nitro groups is 1. The number of esters is 1. The van der Waals surface area contributed by atoms with Crippen molar-refractivity contribution >= 4 is 11.7 Å². The van der Waals surface area contributed by atoms with E-state index < -0.39 is 16.5 Å². The molecule has 0 spiro atoms. The molecule has 0 aliphatic heterocycles. The van der Waals surface area contributed by atoms with Gasteiger partial charge in [-0.1, -0.05) is 12.1 Å². The van der Waals surface area contributed by atoms with Crippen molar-refractivity contribution < 1.29 is 14.5 Å². The van der Waals surface area contributed by atoms with Crippen molar-refractivity contribution in [2.45, 2.75) is 13.3 Å². The molecule has 0 amide bonds. The SMILES string of the molecule is CC(=O)Oc1cnc(Cc2ccc([N+](=O)[O-])cc2)[nH]c1=O. The van der Waals surface area contributed by atoms with Crippen LogP contribution in [-0.4, -0.2) is 20.9 Å². The van der Waals surface area contributed by atoms with E-state index in [-0.39, 0.29) is 11.4 Å². The summed E-state index contributed by atoms with van der Waals surface area (Å²) in [6.45, 7) is 1.18. The van der Waals surface area contributed by atoms with Gasteiger partial charge >= 0.3 is 5.97 Å². The van der Waals surface area contributed by atoms with Gasteiger partial charge in [0.25, 0.3) is 11.2 Å². The number of carbonyl (C=O) groups excluding carboxylic acids is 1. The first kappa shape index (κ1) is 14.4. The molecule has 0 radical (unpaired) electrons. The largest absolute Gasteiger partial charge is 0.419 e. The standard InChI is InChI=1S/C13H11N3O5/c1-8(17)21-11-7-14-12(15-13(11)18)6-9-2-4-10(5-3-9)16(19)20/h2-5,7H,6H2,1H3,(H,14,15,18). The van der Waals surface area contributed by atoms with Crippen LogP contribution in [0.4, 0.5) is 5.69 Å². The zero-order valence-electron chi connectivity index (χ0n) is 11.0. The summed E-state index contributed by atoms with van der Waals surface area (Å²) in [7, 11) is 0. The van der Waals surface area contributed by atoms with Crippen LogP contribution in [-0.2, 0) is 11.2 Å². The Morgan fingerprint density at radius 2 is 2.05 bits per heavy atom. The van der Waals surface area contributed by atoms with Gasteiger partial charge in [-0.15, -0.1) is 0 Å². The van der Waals surface area contributed by atoms with Crippen LogP contribution < -0.4 is 10.3 Å². The molecule has 0 saturated carbocycles. The van der Waals surface area contributed by atoms with E-state index in [9.17, 15) is 19.7 Å². The molecule has 108 valence electrons. The van der Waals surface area contributed by atoms with Crippen LogP contribution >= 0.6 is 0 Å². The average molecular weight is 289 g/mol. The van der Waals surface area contributed by atoms with E-state index in [2.05, 4.69) is 14.7 Å². The van der Waals surface area contributed by atoms with Crippen molar-refractivity contribution in [1.82, 2.24) is 9.97 Å². The number of benzene rings is 1. The number of nitro benzene ring substituents is 1. The van der Waals surface area contributed by atoms with E-state index in [0.717, 1.165) is 5.56 Å². The van der Waals surface area contributed by atoms with Crippen LogP contribution in [0.25, 0.3) is 0 Å². The summed E-state index contributed by atoms with van der Waals surface area (Å²) in [5.74, 6) is -0.412. The number of nitrogens with one attached hydrogen (secondary N) is 1. The van der Waals surface area contributed by atoms with Crippen molar-refractivity contribution in [3.8, 4) is 5.75 Å². The van der Waals surface area contributed by atoms with Crippen molar-refractivity contribution in [2.75, 3.05) is 0 Å². The van der Waals surface area contributed by atoms with Gasteiger partial charge in [-0.3, -0.25) is 19.7 Å². The first-order valence-electron chi connectivity index (χ1n) is 5.95. The number of hydrogen-bond donors (Lipinski definition) is 1. The van der Waals surface area contributed by atoms with Crippen LogP contribution in [0.2, 0.25) is 0 Å². The molecular formula is C13H11N3O5. The Morgan fingerprint density at radius 3 is 2.57 bits per heavy atom. The molecule has 2 rings (SSSR count). The lowest BCUT2D eigenvalue weighted by Crippen LogP contribution is -2.17. The Morgan fingerprint density at radius 1 is 1.38 bits per heavy atom. The Hall–Kier alpha value is -3.03. The summed E-state index contributed by atoms with van der Waals surface area (Å²) in [6.07, 6.45) is 1.47. The highest BCUT2D eigenvalue weighted by Crippen LogP contribution is 2.13. The van der Waals surface area contributed by atoms with E-state index in [1.54, 1.807) is 12.1 Å². The maximum Gasteiger partial charge on any atom is 0.308 e. The Balaban J connectivity index is 2.16. The number of carbonyl (C=O) groups is 1. The third kappa shape index (κ3) is 3.72. The van der Waals surface area contributed by atoms with Gasteiger partial charge in [0.2, 0.25) is 5.75 Å². The predicted octanol–water partition coefficient (Wildman–Crippen LogP) is 1.19. The highest BCUT2D eigenvalue weighted by Gasteiger charge is 2.08. The lowest BCUT2D eigenvalue weighted by Gasteiger charge is -2.03. The normalized spacial score (nSPS) is 10.1. The molecule has 0 fully saturated rings. The van der Waals surface area contributed by atoms with Gasteiger partial charge in [0.05, 0.1) is 11.1 Å². The molecular weight excluding hydrogens is 278 g/mol. The lowest BCUT2D eigenvalue weighted by atomic mass is 10.1. The van der Waals surface area contributed by atoms with Crippen LogP contribution in [0.1, 0.15) is 18.3 Å². The second kappa shape index (κ2) is 5.95. The van der Waals surface area contributed by atoms with Gasteiger partial charge in [0.1, 0.15) is 5.82 Å². The summed E-state index contributed by atoms with van der Waals surface area (Å²) in [5.41, 5.74) is 0.187. The highest BCUT2D eigenvalue weighted by molar-refractivity contribution is 5.68. The van der Waals surface area contributed by atoms with Crippen LogP contribution in [0.3, 0.4) is 0 Å². The monoisotopic (exact) mass is 289 g/mol. The molecule has 1 N–H and O–H groups in total. The fourth-order valence-electron chi connectivity index (χ4n) is 1.67. The minimum Gasteiger partial charge on any atom is -0.419 e. The molecule has 1 aromatic carbocycles. The topological polar surface area (TPSA) is 115 Å². The molecule has 0 atom stereocenters. The molecule has 0 bridgehead atoms. The maximum absolute atomic E-state index is 11.6. The summed E-state index contributed by atoms with van der Waals surface area (Å²) < 4.78 is 4.67. The van der Waals surface area contributed by atoms with Crippen molar-refractivity contribution in [2.24, 2.45) is 0 Å². The first-order chi connectivity index (χ1) is 9.95. The molecule has 0 saturated heterocycles. The van der Waals surface area contributed by atoms with Crippen molar-refractivity contribution in [1.29, 1.82) is 0 Å². The zero-order valence-corrected chi connectivity index (χ0v) is 11.0. The van der Waals surface area contributed by atoms with Crippen molar-refractivity contribution in [3.05, 3.63) is 62.3 Å². The first-order valence-corrected chi connectivity index (χ1v) is 5.95. The zero-order chi connectivity index (χ0) is 15.4. The lowest BCUT2D eigenvalue weighted by molar-refractivity contribution is -0.384. The van der Waals surface area contributed by atoms with E-state index >= 15 is 0 Å². The molecule has 8 nitrogen and oxygen atoms in total. The minimum atomic E-state index is -0.606. The molecule has 0 aliphatic carbocycles. The number of aromatic nitrogens is 2. The van der Waals surface area contributed by atoms with Gasteiger partial charge in [-0.2, -0.15) is 0 Å². The van der Waals surface area contributed by atoms with E-state index in [1.807, 2.05) is 0 Å². The van der Waals surface area contributed by atoms with Gasteiger partial charge < -0.3 is 9.72 Å². The number of nitrogens with zero attached hydrogens (tertiary/aromatic N) is 2. The Labute approximate surface area is 118 Å². The average Bonchev–Trinajstić information content (AvgIpc) is 2.42. The molecule has 0 unspecified atom stereocenters. The van der Waals surface area contributed by atoms with E-state index in [0.29, 0.717) is 12.2 Å². The second-order valence-electron chi connectivity index (χ2n) is 4.22. The van der Waals surface area contributed by atoms with Crippen LogP contribution in [0, 0.1) is 10.1 Å². The number of hydrogen-bond acceptors (Lipinski definition) is 6. The fourth-order valence-corrected chi connectivity index (χ4v) is 1.67. The number of non-ortho nitro benzene ring substituents is 1. The molecule has 8 heteroatoms. The molecule has 2 aromatic rings. The summed E-state index contributed by atoms with van der Waals surface area (Å²) >= 11 is 0. The predicted molar refractivity (Wildman–Crippen MR) is 72.1 cm³/mol. The fraction of sp³-hybridized carbons (Fsp3) is 0.154. The summed E-state index contributed by atoms with van der Waals surface area (Å²) in [6, 6.07) is 5.91. The third-order valence-corrected chi connectivity index (χ3v) is 2.59. The molecule has 1 heterocycles. The Bertz CT molecular complexity index is 736. The van der Waals surface area contributed by atoms with Crippen LogP contribution in [0.5, 0.6) is 5.75 Å². The Kier molecular flexibility index (Phi) is 4.07. The number of rotatable bonds is 4. The van der Waals surface area contributed by atoms with Gasteiger partial charge in [-0.25, -0.2) is 4.98 Å². The summed E-state index contributed by atoms with van der Waals surface area (Å²) in [5, 5.41) is 10.5.